The normalized spacial score (nSPS) is 15.2. The highest BCUT2D eigenvalue weighted by Crippen LogP contribution is 2.31. The molecule has 0 atom stereocenters. The maximum atomic E-state index is 12.4. The van der Waals surface area contributed by atoms with Gasteiger partial charge in [-0.1, -0.05) is 35.2 Å². The van der Waals surface area contributed by atoms with Crippen molar-refractivity contribution >= 4 is 44.5 Å². The Bertz CT molecular complexity index is 766. The van der Waals surface area contributed by atoms with Crippen LogP contribution in [0.5, 0.6) is 0 Å². The first-order valence-electron chi connectivity index (χ1n) is 8.05. The zero-order chi connectivity index (χ0) is 17.1. The van der Waals surface area contributed by atoms with Crippen molar-refractivity contribution in [3.63, 3.8) is 0 Å². The van der Waals surface area contributed by atoms with E-state index in [0.717, 1.165) is 41.1 Å². The lowest BCUT2D eigenvalue weighted by molar-refractivity contribution is 0.0596. The molecule has 0 spiro atoms. The van der Waals surface area contributed by atoms with Gasteiger partial charge in [0.05, 0.1) is 12.8 Å². The van der Waals surface area contributed by atoms with Gasteiger partial charge in [-0.2, -0.15) is 0 Å². The highest BCUT2D eigenvalue weighted by Gasteiger charge is 2.22. The lowest BCUT2D eigenvalue weighted by Crippen LogP contribution is -2.39. The van der Waals surface area contributed by atoms with E-state index in [-0.39, 0.29) is 17.8 Å². The molecule has 7 heteroatoms. The van der Waals surface area contributed by atoms with Crippen LogP contribution in [0.1, 0.15) is 42.6 Å². The minimum atomic E-state index is -0.518. The molecule has 0 unspecified atom stereocenters. The van der Waals surface area contributed by atoms with Gasteiger partial charge in [0, 0.05) is 21.4 Å². The van der Waals surface area contributed by atoms with Crippen molar-refractivity contribution in [1.82, 2.24) is 10.3 Å². The van der Waals surface area contributed by atoms with Crippen LogP contribution in [0.15, 0.2) is 22.7 Å². The van der Waals surface area contributed by atoms with E-state index in [2.05, 4.69) is 31.5 Å². The minimum absolute atomic E-state index is 0.192. The van der Waals surface area contributed by atoms with Gasteiger partial charge in [-0.25, -0.2) is 9.59 Å². The van der Waals surface area contributed by atoms with E-state index in [9.17, 15) is 9.59 Å². The Morgan fingerprint density at radius 1 is 1.25 bits per heavy atom. The second-order valence-corrected chi connectivity index (χ2v) is 6.91. The summed E-state index contributed by atoms with van der Waals surface area (Å²) in [6.45, 7) is 0. The fourth-order valence-electron chi connectivity index (χ4n) is 3.13. The Kier molecular flexibility index (Phi) is 5.08. The van der Waals surface area contributed by atoms with E-state index in [1.807, 2.05) is 18.2 Å². The third-order valence-corrected chi connectivity index (χ3v) is 4.82. The molecule has 1 aliphatic rings. The number of urea groups is 1. The summed E-state index contributed by atoms with van der Waals surface area (Å²) in [5.41, 5.74) is 1.43. The number of H-pyrrole nitrogens is 1. The first kappa shape index (κ1) is 16.8. The van der Waals surface area contributed by atoms with Gasteiger partial charge < -0.3 is 20.4 Å². The van der Waals surface area contributed by atoms with Crippen molar-refractivity contribution < 1.29 is 14.3 Å². The van der Waals surface area contributed by atoms with Gasteiger partial charge >= 0.3 is 12.0 Å². The van der Waals surface area contributed by atoms with Gasteiger partial charge in [-0.15, -0.1) is 0 Å². The van der Waals surface area contributed by atoms with Crippen LogP contribution < -0.4 is 10.6 Å². The van der Waals surface area contributed by atoms with Crippen molar-refractivity contribution in [2.45, 2.75) is 38.1 Å². The van der Waals surface area contributed by atoms with Crippen LogP contribution in [0.2, 0.25) is 0 Å². The van der Waals surface area contributed by atoms with Crippen LogP contribution in [-0.4, -0.2) is 30.1 Å². The molecule has 1 heterocycles. The number of fused-ring (bicyclic) bond motifs is 1. The lowest BCUT2D eigenvalue weighted by atomic mass is 9.96. The van der Waals surface area contributed by atoms with Crippen molar-refractivity contribution in [3.05, 3.63) is 28.4 Å². The van der Waals surface area contributed by atoms with Gasteiger partial charge in [0.2, 0.25) is 0 Å². The third kappa shape index (κ3) is 3.56. The lowest BCUT2D eigenvalue weighted by Gasteiger charge is -2.22. The van der Waals surface area contributed by atoms with Gasteiger partial charge in [-0.3, -0.25) is 0 Å². The van der Waals surface area contributed by atoms with Crippen LogP contribution in [0.4, 0.5) is 10.5 Å². The Morgan fingerprint density at radius 2 is 2.00 bits per heavy atom. The van der Waals surface area contributed by atoms with E-state index in [4.69, 9.17) is 4.74 Å². The number of carbonyl (C=O) groups is 2. The molecule has 128 valence electrons. The summed E-state index contributed by atoms with van der Waals surface area (Å²) in [7, 11) is 1.32. The monoisotopic (exact) mass is 393 g/mol. The Morgan fingerprint density at radius 3 is 2.71 bits per heavy atom. The number of carbonyl (C=O) groups excluding carboxylic acids is 2. The van der Waals surface area contributed by atoms with Gasteiger partial charge in [-0.05, 0) is 31.0 Å². The smallest absolute Gasteiger partial charge is 0.356 e. The van der Waals surface area contributed by atoms with Gasteiger partial charge in [0.25, 0.3) is 0 Å². The summed E-state index contributed by atoms with van der Waals surface area (Å²) in [5.74, 6) is -0.518. The number of esters is 1. The number of amides is 2. The predicted molar refractivity (Wildman–Crippen MR) is 96.4 cm³/mol. The molecular weight excluding hydrogens is 374 g/mol. The third-order valence-electron chi connectivity index (χ3n) is 4.33. The molecule has 1 aliphatic carbocycles. The molecule has 0 bridgehead atoms. The van der Waals surface area contributed by atoms with Gasteiger partial charge in [0.15, 0.2) is 0 Å². The minimum Gasteiger partial charge on any atom is -0.464 e. The van der Waals surface area contributed by atoms with E-state index in [0.29, 0.717) is 5.69 Å². The quantitative estimate of drug-likeness (QED) is 0.684. The van der Waals surface area contributed by atoms with Crippen molar-refractivity contribution in [3.8, 4) is 0 Å². The fourth-order valence-corrected chi connectivity index (χ4v) is 3.49. The summed E-state index contributed by atoms with van der Waals surface area (Å²) in [4.78, 5) is 27.4. The highest BCUT2D eigenvalue weighted by molar-refractivity contribution is 9.10. The summed E-state index contributed by atoms with van der Waals surface area (Å²) < 4.78 is 5.68. The van der Waals surface area contributed by atoms with Crippen LogP contribution in [-0.2, 0) is 4.74 Å². The maximum Gasteiger partial charge on any atom is 0.356 e. The number of methoxy groups -OCH3 is 1. The van der Waals surface area contributed by atoms with Crippen LogP contribution in [0, 0.1) is 0 Å². The Balaban J connectivity index is 1.87. The molecule has 2 amide bonds. The molecule has 6 nitrogen and oxygen atoms in total. The van der Waals surface area contributed by atoms with Gasteiger partial charge in [0.1, 0.15) is 5.69 Å². The summed E-state index contributed by atoms with van der Waals surface area (Å²) in [6.07, 6.45) is 5.49. The van der Waals surface area contributed by atoms with E-state index in [1.165, 1.54) is 13.5 Å². The number of aromatic amines is 1. The maximum absolute atomic E-state index is 12.4. The number of rotatable bonds is 3. The van der Waals surface area contributed by atoms with Crippen molar-refractivity contribution in [2.24, 2.45) is 0 Å². The number of anilines is 1. The standard InChI is InChI=1S/C17H20BrN3O3/c1-24-16(22)15-14(12-9-10(18)7-8-13(12)20-15)21-17(23)19-11-5-3-2-4-6-11/h7-9,11,20H,2-6H2,1H3,(H2,19,21,23). The molecule has 1 fully saturated rings. The van der Waals surface area contributed by atoms with Crippen LogP contribution >= 0.6 is 15.9 Å². The molecular formula is C17H20BrN3O3. The molecule has 0 radical (unpaired) electrons. The number of hydrogen-bond acceptors (Lipinski definition) is 3. The van der Waals surface area contributed by atoms with Crippen molar-refractivity contribution in [1.29, 1.82) is 0 Å². The largest absolute Gasteiger partial charge is 0.464 e. The zero-order valence-electron chi connectivity index (χ0n) is 13.4. The van der Waals surface area contributed by atoms with E-state index >= 15 is 0 Å². The number of ether oxygens (including phenoxy) is 1. The Labute approximate surface area is 148 Å². The fraction of sp³-hybridized carbons (Fsp3) is 0.412. The summed E-state index contributed by atoms with van der Waals surface area (Å²) >= 11 is 3.42. The molecule has 0 saturated heterocycles. The molecule has 3 rings (SSSR count). The second-order valence-electron chi connectivity index (χ2n) is 5.99. The molecule has 24 heavy (non-hydrogen) atoms. The number of halogens is 1. The molecule has 1 aromatic heterocycles. The number of hydrogen-bond donors (Lipinski definition) is 3. The predicted octanol–water partition coefficient (Wildman–Crippen LogP) is 4.17. The van der Waals surface area contributed by atoms with E-state index < -0.39 is 5.97 Å². The average molecular weight is 394 g/mol. The van der Waals surface area contributed by atoms with Crippen LogP contribution in [0.25, 0.3) is 10.9 Å². The average Bonchev–Trinajstić information content (AvgIpc) is 2.93. The molecule has 0 aliphatic heterocycles. The van der Waals surface area contributed by atoms with Crippen LogP contribution in [0.3, 0.4) is 0 Å². The number of nitrogens with one attached hydrogen (secondary N) is 3. The topological polar surface area (TPSA) is 83.2 Å². The SMILES string of the molecule is COC(=O)c1[nH]c2ccc(Br)cc2c1NC(=O)NC1CCCCC1. The first-order chi connectivity index (χ1) is 11.6. The molecule has 1 aromatic carbocycles. The first-order valence-corrected chi connectivity index (χ1v) is 8.85. The summed E-state index contributed by atoms with van der Waals surface area (Å²) in [5, 5.41) is 6.57. The highest BCUT2D eigenvalue weighted by atomic mass is 79.9. The van der Waals surface area contributed by atoms with E-state index in [1.54, 1.807) is 0 Å². The molecule has 1 saturated carbocycles. The molecule has 2 aromatic rings. The molecule has 3 N–H and O–H groups in total. The summed E-state index contributed by atoms with van der Waals surface area (Å²) in [6, 6.07) is 5.46. The number of benzene rings is 1. The second kappa shape index (κ2) is 7.25. The Hall–Kier alpha value is -2.02. The number of aromatic nitrogens is 1. The zero-order valence-corrected chi connectivity index (χ0v) is 15.0. The van der Waals surface area contributed by atoms with Crippen molar-refractivity contribution in [2.75, 3.05) is 12.4 Å².